The maximum atomic E-state index is 13.3. The fourth-order valence-electron chi connectivity index (χ4n) is 4.47. The SMILES string of the molecule is CC(=O)NC(=O)OC[C@]1(C)S[C@@H]2[C@H](NC(=O)Cc3ccccc3)C(=O)N2[C@H]1C(=O)OCc1ccc([N+](=O)[O-])cc1. The summed E-state index contributed by atoms with van der Waals surface area (Å²) in [5, 5.41) is 15.0. The van der Waals surface area contributed by atoms with Crippen molar-refractivity contribution in [1.29, 1.82) is 0 Å². The second kappa shape index (κ2) is 11.7. The number of nitrogens with zero attached hydrogens (tertiary/aromatic N) is 2. The van der Waals surface area contributed by atoms with Crippen LogP contribution in [0.3, 0.4) is 0 Å². The molecule has 2 aliphatic rings. The molecular formula is C26H26N4O9S. The van der Waals surface area contributed by atoms with Crippen molar-refractivity contribution >= 4 is 47.2 Å². The molecule has 2 aliphatic heterocycles. The normalized spacial score (nSPS) is 22.9. The van der Waals surface area contributed by atoms with Crippen molar-refractivity contribution < 1.29 is 38.4 Å². The van der Waals surface area contributed by atoms with E-state index in [0.29, 0.717) is 5.56 Å². The monoisotopic (exact) mass is 570 g/mol. The molecule has 2 N–H and O–H groups in total. The summed E-state index contributed by atoms with van der Waals surface area (Å²) in [5.41, 5.74) is 1.14. The molecule has 0 spiro atoms. The number of β-lactam (4-membered cyclic amide) rings is 1. The average molecular weight is 571 g/mol. The standard InChI is InChI=1S/C26H26N4O9S/c1-15(31)27-25(35)39-14-26(2)21(24(34)38-13-17-8-10-18(11-9-17)30(36)37)29-22(33)20(23(29)40-26)28-19(32)12-16-6-4-3-5-7-16/h3-11,20-21,23H,12-14H2,1-2H3,(H,28,32)(H,27,31,35)/t20-,21+,23-,26+/m1/s1. The van der Waals surface area contributed by atoms with E-state index in [9.17, 15) is 34.1 Å². The number of nitro groups is 1. The first-order valence-corrected chi connectivity index (χ1v) is 13.0. The quantitative estimate of drug-likeness (QED) is 0.195. The Labute approximate surface area is 232 Å². The predicted molar refractivity (Wildman–Crippen MR) is 141 cm³/mol. The Balaban J connectivity index is 1.47. The highest BCUT2D eigenvalue weighted by Gasteiger charge is 2.66. The van der Waals surface area contributed by atoms with Crippen LogP contribution in [-0.2, 0) is 41.7 Å². The molecule has 210 valence electrons. The summed E-state index contributed by atoms with van der Waals surface area (Å²) in [6.07, 6.45) is -0.950. The van der Waals surface area contributed by atoms with Crippen LogP contribution in [-0.4, -0.2) is 68.4 Å². The fourth-order valence-corrected chi connectivity index (χ4v) is 6.15. The third-order valence-electron chi connectivity index (χ3n) is 6.37. The summed E-state index contributed by atoms with van der Waals surface area (Å²) in [5.74, 6) is -2.27. The third-order valence-corrected chi connectivity index (χ3v) is 7.99. The first-order chi connectivity index (χ1) is 19.0. The number of fused-ring (bicyclic) bond motifs is 1. The second-order valence-electron chi connectivity index (χ2n) is 9.47. The van der Waals surface area contributed by atoms with Crippen molar-refractivity contribution in [3.05, 3.63) is 75.8 Å². The van der Waals surface area contributed by atoms with Crippen LogP contribution >= 0.6 is 11.8 Å². The molecule has 4 atom stereocenters. The topological polar surface area (TPSA) is 174 Å². The van der Waals surface area contributed by atoms with Gasteiger partial charge in [-0.2, -0.15) is 0 Å². The smallest absolute Gasteiger partial charge is 0.413 e. The number of carbonyl (C=O) groups is 5. The summed E-state index contributed by atoms with van der Waals surface area (Å²) in [7, 11) is 0. The van der Waals surface area contributed by atoms with Crippen molar-refractivity contribution in [3.63, 3.8) is 0 Å². The molecule has 4 amide bonds. The van der Waals surface area contributed by atoms with Gasteiger partial charge in [0.05, 0.1) is 16.1 Å². The molecule has 2 heterocycles. The molecule has 0 unspecified atom stereocenters. The molecule has 0 aromatic heterocycles. The van der Waals surface area contributed by atoms with Gasteiger partial charge in [-0.25, -0.2) is 9.59 Å². The van der Waals surface area contributed by atoms with Crippen LogP contribution in [0, 0.1) is 10.1 Å². The van der Waals surface area contributed by atoms with Gasteiger partial charge in [0.1, 0.15) is 30.7 Å². The number of esters is 1. The zero-order valence-corrected chi connectivity index (χ0v) is 22.3. The number of benzene rings is 2. The predicted octanol–water partition coefficient (Wildman–Crippen LogP) is 1.68. The number of nitro benzene ring substituents is 1. The number of carbonyl (C=O) groups excluding carboxylic acids is 5. The largest absolute Gasteiger partial charge is 0.459 e. The van der Waals surface area contributed by atoms with E-state index < -0.39 is 51.0 Å². The van der Waals surface area contributed by atoms with Gasteiger partial charge in [0.2, 0.25) is 17.7 Å². The number of alkyl carbamates (subject to hydrolysis) is 1. The molecule has 4 rings (SSSR count). The van der Waals surface area contributed by atoms with Crippen LogP contribution in [0.4, 0.5) is 10.5 Å². The van der Waals surface area contributed by atoms with E-state index in [4.69, 9.17) is 9.47 Å². The molecule has 13 nitrogen and oxygen atoms in total. The number of nitrogens with one attached hydrogen (secondary N) is 2. The van der Waals surface area contributed by atoms with Gasteiger partial charge in [0.25, 0.3) is 5.69 Å². The average Bonchev–Trinajstić information content (AvgIpc) is 3.19. The van der Waals surface area contributed by atoms with E-state index in [2.05, 4.69) is 5.32 Å². The summed E-state index contributed by atoms with van der Waals surface area (Å²) in [6.45, 7) is 2.19. The molecule has 2 fully saturated rings. The highest BCUT2D eigenvalue weighted by Crippen LogP contribution is 2.51. The van der Waals surface area contributed by atoms with Gasteiger partial charge < -0.3 is 19.7 Å². The highest BCUT2D eigenvalue weighted by molar-refractivity contribution is 8.01. The van der Waals surface area contributed by atoms with Crippen LogP contribution in [0.1, 0.15) is 25.0 Å². The Morgan fingerprint density at radius 3 is 2.35 bits per heavy atom. The number of hydrogen-bond donors (Lipinski definition) is 2. The van der Waals surface area contributed by atoms with E-state index in [-0.39, 0.29) is 31.2 Å². The molecule has 0 saturated carbocycles. The van der Waals surface area contributed by atoms with Gasteiger partial charge in [0, 0.05) is 19.1 Å². The maximum absolute atomic E-state index is 13.3. The molecule has 2 aromatic rings. The Bertz CT molecular complexity index is 1340. The van der Waals surface area contributed by atoms with Gasteiger partial charge in [0.15, 0.2) is 0 Å². The molecule has 2 saturated heterocycles. The summed E-state index contributed by atoms with van der Waals surface area (Å²) < 4.78 is 9.47. The minimum absolute atomic E-state index is 0.0638. The zero-order chi connectivity index (χ0) is 29.0. The van der Waals surface area contributed by atoms with E-state index >= 15 is 0 Å². The van der Waals surface area contributed by atoms with Crippen molar-refractivity contribution in [3.8, 4) is 0 Å². The van der Waals surface area contributed by atoms with E-state index in [1.54, 1.807) is 31.2 Å². The van der Waals surface area contributed by atoms with Crippen LogP contribution in [0.15, 0.2) is 54.6 Å². The number of thioether (sulfide) groups is 1. The lowest BCUT2D eigenvalue weighted by Gasteiger charge is -2.44. The van der Waals surface area contributed by atoms with Gasteiger partial charge in [-0.1, -0.05) is 30.3 Å². The van der Waals surface area contributed by atoms with Crippen molar-refractivity contribution in [2.45, 2.75) is 49.1 Å². The highest BCUT2D eigenvalue weighted by atomic mass is 32.2. The minimum Gasteiger partial charge on any atom is -0.459 e. The van der Waals surface area contributed by atoms with Crippen molar-refractivity contribution in [1.82, 2.24) is 15.5 Å². The molecule has 0 radical (unpaired) electrons. The Kier molecular flexibility index (Phi) is 8.38. The van der Waals surface area contributed by atoms with Gasteiger partial charge in [-0.3, -0.25) is 29.8 Å². The summed E-state index contributed by atoms with van der Waals surface area (Å²) >= 11 is 1.17. The van der Waals surface area contributed by atoms with Gasteiger partial charge in [-0.15, -0.1) is 11.8 Å². The lowest BCUT2D eigenvalue weighted by atomic mass is 9.95. The number of rotatable bonds is 9. The van der Waals surface area contributed by atoms with Crippen LogP contribution in [0.25, 0.3) is 0 Å². The Hall–Kier alpha value is -4.46. The molecule has 2 aromatic carbocycles. The van der Waals surface area contributed by atoms with E-state index in [1.165, 1.54) is 40.9 Å². The number of non-ortho nitro benzene ring substituents is 1. The van der Waals surface area contributed by atoms with Crippen LogP contribution in [0.2, 0.25) is 0 Å². The fraction of sp³-hybridized carbons (Fsp3) is 0.346. The molecule has 0 aliphatic carbocycles. The minimum atomic E-state index is -1.18. The lowest BCUT2D eigenvalue weighted by molar-refractivity contribution is -0.384. The third kappa shape index (κ3) is 6.22. The first kappa shape index (κ1) is 28.5. The first-order valence-electron chi connectivity index (χ1n) is 12.2. The zero-order valence-electron chi connectivity index (χ0n) is 21.5. The number of imide groups is 1. The lowest BCUT2D eigenvalue weighted by Crippen LogP contribution is -2.71. The molecule has 40 heavy (non-hydrogen) atoms. The van der Waals surface area contributed by atoms with Gasteiger partial charge >= 0.3 is 12.1 Å². The molecular weight excluding hydrogens is 544 g/mol. The van der Waals surface area contributed by atoms with Crippen molar-refractivity contribution in [2.75, 3.05) is 6.61 Å². The summed E-state index contributed by atoms with van der Waals surface area (Å²) in [4.78, 5) is 73.9. The van der Waals surface area contributed by atoms with Gasteiger partial charge in [-0.05, 0) is 30.2 Å². The number of ether oxygens (including phenoxy) is 2. The molecule has 0 bridgehead atoms. The Morgan fingerprint density at radius 2 is 1.73 bits per heavy atom. The number of amides is 4. The van der Waals surface area contributed by atoms with E-state index in [0.717, 1.165) is 12.5 Å². The van der Waals surface area contributed by atoms with Crippen molar-refractivity contribution in [2.24, 2.45) is 0 Å². The van der Waals surface area contributed by atoms with E-state index in [1.807, 2.05) is 11.4 Å². The van der Waals surface area contributed by atoms with Crippen LogP contribution < -0.4 is 10.6 Å². The number of hydrogen-bond acceptors (Lipinski definition) is 10. The van der Waals surface area contributed by atoms with Crippen LogP contribution in [0.5, 0.6) is 0 Å². The maximum Gasteiger partial charge on any atom is 0.413 e. The second-order valence-corrected chi connectivity index (χ2v) is 11.1. The molecule has 14 heteroatoms. The summed E-state index contributed by atoms with van der Waals surface area (Å²) in [6, 6.07) is 12.4. The Morgan fingerprint density at radius 1 is 1.05 bits per heavy atom.